The van der Waals surface area contributed by atoms with Crippen LogP contribution >= 0.6 is 0 Å². The molecule has 2 heterocycles. The third-order valence-corrected chi connectivity index (χ3v) is 2.56. The quantitative estimate of drug-likeness (QED) is 0.876. The number of hydrogen-bond donors (Lipinski definition) is 1. The van der Waals surface area contributed by atoms with Gasteiger partial charge in [0.15, 0.2) is 0 Å². The van der Waals surface area contributed by atoms with Crippen LogP contribution in [0.3, 0.4) is 0 Å². The maximum Gasteiger partial charge on any atom is 0.337 e. The summed E-state index contributed by atoms with van der Waals surface area (Å²) in [5.41, 5.74) is 1.26. The normalized spacial score (nSPS) is 10.3. The first-order valence-electron chi connectivity index (χ1n) is 5.44. The van der Waals surface area contributed by atoms with Crippen LogP contribution in [0.1, 0.15) is 15.9 Å². The molecule has 0 unspecified atom stereocenters. The molecule has 0 aliphatic rings. The van der Waals surface area contributed by atoms with E-state index in [0.717, 1.165) is 11.4 Å². The van der Waals surface area contributed by atoms with Gasteiger partial charge in [0.2, 0.25) is 0 Å². The Bertz CT molecular complexity index is 547. The van der Waals surface area contributed by atoms with Gasteiger partial charge in [0.25, 0.3) is 0 Å². The summed E-state index contributed by atoms with van der Waals surface area (Å²) >= 11 is 0. The van der Waals surface area contributed by atoms with E-state index in [0.29, 0.717) is 6.54 Å². The molecule has 6 nitrogen and oxygen atoms in total. The molecular formula is C12H14N4O2. The number of nitrogens with zero attached hydrogens (tertiary/aromatic N) is 4. The second-order valence-electron chi connectivity index (χ2n) is 4.09. The Morgan fingerprint density at radius 3 is 2.72 bits per heavy atom. The van der Waals surface area contributed by atoms with Gasteiger partial charge in [-0.15, -0.1) is 0 Å². The third kappa shape index (κ3) is 2.65. The maximum absolute atomic E-state index is 10.7. The highest BCUT2D eigenvalue weighted by Gasteiger charge is 2.07. The molecule has 6 heteroatoms. The van der Waals surface area contributed by atoms with Gasteiger partial charge in [-0.05, 0) is 12.1 Å². The SMILES string of the molecule is CN(Cc1cnn(C)c1)c1ccc(C(=O)O)cn1. The van der Waals surface area contributed by atoms with E-state index in [-0.39, 0.29) is 5.56 Å². The van der Waals surface area contributed by atoms with Crippen molar-refractivity contribution in [1.29, 1.82) is 0 Å². The Morgan fingerprint density at radius 2 is 2.22 bits per heavy atom. The number of anilines is 1. The lowest BCUT2D eigenvalue weighted by atomic mass is 10.2. The molecule has 94 valence electrons. The first-order chi connectivity index (χ1) is 8.56. The minimum Gasteiger partial charge on any atom is -0.478 e. The van der Waals surface area contributed by atoms with Gasteiger partial charge < -0.3 is 10.0 Å². The van der Waals surface area contributed by atoms with Crippen molar-refractivity contribution in [3.8, 4) is 0 Å². The van der Waals surface area contributed by atoms with E-state index in [9.17, 15) is 4.79 Å². The summed E-state index contributed by atoms with van der Waals surface area (Å²) in [6.45, 7) is 0.674. The van der Waals surface area contributed by atoms with E-state index < -0.39 is 5.97 Å². The summed E-state index contributed by atoms with van der Waals surface area (Å²) in [6.07, 6.45) is 5.08. The Balaban J connectivity index is 2.09. The molecule has 0 aliphatic heterocycles. The van der Waals surface area contributed by atoms with Crippen LogP contribution in [0.5, 0.6) is 0 Å². The molecule has 0 spiro atoms. The average Bonchev–Trinajstić information content (AvgIpc) is 2.75. The lowest BCUT2D eigenvalue weighted by Gasteiger charge is -2.16. The van der Waals surface area contributed by atoms with Gasteiger partial charge >= 0.3 is 5.97 Å². The van der Waals surface area contributed by atoms with Gasteiger partial charge in [0.1, 0.15) is 5.82 Å². The van der Waals surface area contributed by atoms with Crippen LogP contribution in [0.15, 0.2) is 30.7 Å². The molecule has 2 aromatic heterocycles. The third-order valence-electron chi connectivity index (χ3n) is 2.56. The van der Waals surface area contributed by atoms with Gasteiger partial charge in [-0.3, -0.25) is 4.68 Å². The molecule has 0 aromatic carbocycles. The molecule has 1 N–H and O–H groups in total. The van der Waals surface area contributed by atoms with Crippen LogP contribution in [-0.2, 0) is 13.6 Å². The molecule has 0 amide bonds. The molecule has 0 radical (unpaired) electrons. The monoisotopic (exact) mass is 246 g/mol. The first kappa shape index (κ1) is 12.1. The Morgan fingerprint density at radius 1 is 1.44 bits per heavy atom. The number of hydrogen-bond acceptors (Lipinski definition) is 4. The van der Waals surface area contributed by atoms with Gasteiger partial charge in [-0.1, -0.05) is 0 Å². The van der Waals surface area contributed by atoms with Crippen molar-refractivity contribution in [2.45, 2.75) is 6.54 Å². The minimum absolute atomic E-state index is 0.188. The van der Waals surface area contributed by atoms with Crippen LogP contribution in [0.4, 0.5) is 5.82 Å². The van der Waals surface area contributed by atoms with Crippen molar-refractivity contribution in [2.75, 3.05) is 11.9 Å². The Kier molecular flexibility index (Phi) is 3.27. The lowest BCUT2D eigenvalue weighted by Crippen LogP contribution is -2.17. The molecule has 2 rings (SSSR count). The molecule has 0 aliphatic carbocycles. The predicted octanol–water partition coefficient (Wildman–Crippen LogP) is 1.15. The summed E-state index contributed by atoms with van der Waals surface area (Å²) in [7, 11) is 3.76. The number of aromatic carboxylic acids is 1. The fourth-order valence-electron chi connectivity index (χ4n) is 1.65. The fraction of sp³-hybridized carbons (Fsp3) is 0.250. The number of aromatic nitrogens is 3. The van der Waals surface area contributed by atoms with E-state index in [1.165, 1.54) is 6.20 Å². The van der Waals surface area contributed by atoms with Crippen molar-refractivity contribution < 1.29 is 9.90 Å². The van der Waals surface area contributed by atoms with Crippen molar-refractivity contribution in [1.82, 2.24) is 14.8 Å². The maximum atomic E-state index is 10.7. The zero-order valence-electron chi connectivity index (χ0n) is 10.2. The van der Waals surface area contributed by atoms with E-state index in [2.05, 4.69) is 10.1 Å². The fourth-order valence-corrected chi connectivity index (χ4v) is 1.65. The Labute approximate surface area is 104 Å². The second-order valence-corrected chi connectivity index (χ2v) is 4.09. The zero-order chi connectivity index (χ0) is 13.1. The summed E-state index contributed by atoms with van der Waals surface area (Å²) in [5.74, 6) is -0.243. The molecule has 18 heavy (non-hydrogen) atoms. The summed E-state index contributed by atoms with van der Waals surface area (Å²) in [5, 5.41) is 12.9. The summed E-state index contributed by atoms with van der Waals surface area (Å²) < 4.78 is 1.74. The largest absolute Gasteiger partial charge is 0.478 e. The van der Waals surface area contributed by atoms with E-state index >= 15 is 0 Å². The molecule has 0 fully saturated rings. The van der Waals surface area contributed by atoms with E-state index in [1.807, 2.05) is 25.2 Å². The molecule has 2 aromatic rings. The Hall–Kier alpha value is -2.37. The van der Waals surface area contributed by atoms with Crippen molar-refractivity contribution in [2.24, 2.45) is 7.05 Å². The highest BCUT2D eigenvalue weighted by molar-refractivity contribution is 5.87. The molecule has 0 saturated carbocycles. The van der Waals surface area contributed by atoms with Crippen LogP contribution in [0.25, 0.3) is 0 Å². The molecule has 0 saturated heterocycles. The highest BCUT2D eigenvalue weighted by Crippen LogP contribution is 2.12. The zero-order valence-corrected chi connectivity index (χ0v) is 10.2. The molecular weight excluding hydrogens is 232 g/mol. The van der Waals surface area contributed by atoms with Crippen molar-refractivity contribution >= 4 is 11.8 Å². The van der Waals surface area contributed by atoms with Gasteiger partial charge in [-0.25, -0.2) is 9.78 Å². The number of carboxylic acid groups (broad SMARTS) is 1. The van der Waals surface area contributed by atoms with Crippen LogP contribution in [0, 0.1) is 0 Å². The lowest BCUT2D eigenvalue weighted by molar-refractivity contribution is 0.0696. The van der Waals surface area contributed by atoms with Crippen LogP contribution in [-0.4, -0.2) is 32.9 Å². The number of rotatable bonds is 4. The van der Waals surface area contributed by atoms with Crippen molar-refractivity contribution in [3.63, 3.8) is 0 Å². The average molecular weight is 246 g/mol. The van der Waals surface area contributed by atoms with Gasteiger partial charge in [0, 0.05) is 38.6 Å². The number of carboxylic acids is 1. The van der Waals surface area contributed by atoms with Crippen LogP contribution < -0.4 is 4.90 Å². The minimum atomic E-state index is -0.969. The van der Waals surface area contributed by atoms with Crippen molar-refractivity contribution in [3.05, 3.63) is 41.9 Å². The van der Waals surface area contributed by atoms with Gasteiger partial charge in [-0.2, -0.15) is 5.10 Å². The number of pyridine rings is 1. The highest BCUT2D eigenvalue weighted by atomic mass is 16.4. The van der Waals surface area contributed by atoms with Crippen LogP contribution in [0.2, 0.25) is 0 Å². The van der Waals surface area contributed by atoms with Gasteiger partial charge in [0.05, 0.1) is 11.8 Å². The summed E-state index contributed by atoms with van der Waals surface area (Å²) in [4.78, 5) is 16.8. The molecule has 0 bridgehead atoms. The number of carbonyl (C=O) groups is 1. The van der Waals surface area contributed by atoms with E-state index in [4.69, 9.17) is 5.11 Å². The standard InChI is InChI=1S/C12H14N4O2/c1-15(7-9-5-14-16(2)8-9)11-4-3-10(6-13-11)12(17)18/h3-6,8H,7H2,1-2H3,(H,17,18). The smallest absolute Gasteiger partial charge is 0.337 e. The predicted molar refractivity (Wildman–Crippen MR) is 66.5 cm³/mol. The second kappa shape index (κ2) is 4.87. The number of aryl methyl sites for hydroxylation is 1. The summed E-state index contributed by atoms with van der Waals surface area (Å²) in [6, 6.07) is 3.24. The molecule has 0 atom stereocenters. The first-order valence-corrected chi connectivity index (χ1v) is 5.44. The van der Waals surface area contributed by atoms with E-state index in [1.54, 1.807) is 23.0 Å². The topological polar surface area (TPSA) is 71.2 Å².